The van der Waals surface area contributed by atoms with Crippen LogP contribution in [-0.4, -0.2) is 25.3 Å². The van der Waals surface area contributed by atoms with Gasteiger partial charge in [-0.05, 0) is 42.3 Å². The number of benzene rings is 2. The van der Waals surface area contributed by atoms with Crippen molar-refractivity contribution in [1.29, 1.82) is 0 Å². The molecule has 0 amide bonds. The van der Waals surface area contributed by atoms with Crippen LogP contribution in [0.3, 0.4) is 0 Å². The third kappa shape index (κ3) is 4.84. The number of aliphatic hydroxyl groups excluding tert-OH is 1. The Kier molecular flexibility index (Phi) is 6.23. The van der Waals surface area contributed by atoms with E-state index in [4.69, 9.17) is 4.74 Å². The highest BCUT2D eigenvalue weighted by Crippen LogP contribution is 2.18. The van der Waals surface area contributed by atoms with Crippen molar-refractivity contribution in [2.45, 2.75) is 12.5 Å². The molecule has 1 atom stereocenters. The van der Waals surface area contributed by atoms with Crippen LogP contribution in [0, 0.1) is 0 Å². The van der Waals surface area contributed by atoms with E-state index in [0.29, 0.717) is 6.54 Å². The van der Waals surface area contributed by atoms with Crippen LogP contribution in [0.25, 0.3) is 0 Å². The molecule has 0 saturated heterocycles. The molecule has 2 rings (SSSR count). The first kappa shape index (κ1) is 16.0. The molecule has 2 aromatic rings. The summed E-state index contributed by atoms with van der Waals surface area (Å²) in [6.07, 6.45) is 0.370. The summed E-state index contributed by atoms with van der Waals surface area (Å²) in [5.41, 5.74) is 2.08. The highest BCUT2D eigenvalue weighted by Gasteiger charge is 2.07. The molecule has 112 valence electrons. The van der Waals surface area contributed by atoms with Crippen molar-refractivity contribution in [3.63, 3.8) is 0 Å². The molecule has 1 unspecified atom stereocenters. The van der Waals surface area contributed by atoms with Gasteiger partial charge in [0.15, 0.2) is 0 Å². The number of ether oxygens (including phenoxy) is 1. The molecule has 0 spiro atoms. The van der Waals surface area contributed by atoms with Gasteiger partial charge in [-0.3, -0.25) is 0 Å². The minimum atomic E-state index is -0.500. The third-order valence-corrected chi connectivity index (χ3v) is 3.83. The van der Waals surface area contributed by atoms with Crippen LogP contribution in [0.4, 0.5) is 0 Å². The van der Waals surface area contributed by atoms with E-state index in [-0.39, 0.29) is 0 Å². The van der Waals surface area contributed by atoms with Gasteiger partial charge in [0.05, 0.1) is 13.2 Å². The Balaban J connectivity index is 1.79. The fraction of sp³-hybridized carbons (Fsp3) is 0.294. The maximum absolute atomic E-state index is 10.1. The largest absolute Gasteiger partial charge is 0.496 e. The standard InChI is InChI=1S/C17H20BrNO2/c1-21-17-8-3-2-5-13(17)9-10-19-12-16(20)14-6-4-7-15(18)11-14/h2-8,11,16,19-20H,9-10,12H2,1H3. The first-order valence-corrected chi connectivity index (χ1v) is 7.76. The topological polar surface area (TPSA) is 41.5 Å². The molecule has 3 nitrogen and oxygen atoms in total. The minimum Gasteiger partial charge on any atom is -0.496 e. The zero-order valence-corrected chi connectivity index (χ0v) is 13.6. The first-order chi connectivity index (χ1) is 10.2. The fourth-order valence-corrected chi connectivity index (χ4v) is 2.62. The van der Waals surface area contributed by atoms with Crippen molar-refractivity contribution >= 4 is 15.9 Å². The Hall–Kier alpha value is -1.36. The summed E-state index contributed by atoms with van der Waals surface area (Å²) in [4.78, 5) is 0. The lowest BCUT2D eigenvalue weighted by Crippen LogP contribution is -2.23. The van der Waals surface area contributed by atoms with Crippen molar-refractivity contribution in [3.05, 3.63) is 64.1 Å². The van der Waals surface area contributed by atoms with Crippen LogP contribution in [-0.2, 0) is 6.42 Å². The highest BCUT2D eigenvalue weighted by molar-refractivity contribution is 9.10. The lowest BCUT2D eigenvalue weighted by Gasteiger charge is -2.13. The van der Waals surface area contributed by atoms with E-state index < -0.39 is 6.10 Å². The molecule has 0 aliphatic rings. The lowest BCUT2D eigenvalue weighted by atomic mass is 10.1. The molecule has 2 N–H and O–H groups in total. The fourth-order valence-electron chi connectivity index (χ4n) is 2.20. The number of halogens is 1. The maximum atomic E-state index is 10.1. The van der Waals surface area contributed by atoms with Gasteiger partial charge in [0, 0.05) is 11.0 Å². The van der Waals surface area contributed by atoms with E-state index >= 15 is 0 Å². The predicted molar refractivity (Wildman–Crippen MR) is 88.7 cm³/mol. The van der Waals surface area contributed by atoms with E-state index in [1.165, 1.54) is 5.56 Å². The van der Waals surface area contributed by atoms with Crippen LogP contribution >= 0.6 is 15.9 Å². The molecule has 0 fully saturated rings. The van der Waals surface area contributed by atoms with Gasteiger partial charge in [-0.2, -0.15) is 0 Å². The molecule has 0 radical (unpaired) electrons. The first-order valence-electron chi connectivity index (χ1n) is 6.97. The third-order valence-electron chi connectivity index (χ3n) is 3.33. The summed E-state index contributed by atoms with van der Waals surface area (Å²) < 4.78 is 6.30. The van der Waals surface area contributed by atoms with Gasteiger partial charge in [-0.15, -0.1) is 0 Å². The number of rotatable bonds is 7. The van der Waals surface area contributed by atoms with Gasteiger partial charge in [-0.1, -0.05) is 46.3 Å². The molecular formula is C17H20BrNO2. The summed E-state index contributed by atoms with van der Waals surface area (Å²) in [6, 6.07) is 15.7. The summed E-state index contributed by atoms with van der Waals surface area (Å²) in [5.74, 6) is 0.909. The molecule has 21 heavy (non-hydrogen) atoms. The zero-order valence-electron chi connectivity index (χ0n) is 12.1. The molecule has 4 heteroatoms. The average molecular weight is 350 g/mol. The Bertz CT molecular complexity index is 574. The second kappa shape index (κ2) is 8.17. The number of nitrogens with one attached hydrogen (secondary N) is 1. The number of hydrogen-bond acceptors (Lipinski definition) is 3. The smallest absolute Gasteiger partial charge is 0.122 e. The van der Waals surface area contributed by atoms with Crippen molar-refractivity contribution in [2.75, 3.05) is 20.2 Å². The molecule has 0 heterocycles. The van der Waals surface area contributed by atoms with Gasteiger partial charge in [0.2, 0.25) is 0 Å². The van der Waals surface area contributed by atoms with Crippen molar-refractivity contribution in [3.8, 4) is 5.75 Å². The number of methoxy groups -OCH3 is 1. The normalized spacial score (nSPS) is 12.1. The zero-order chi connectivity index (χ0) is 15.1. The van der Waals surface area contributed by atoms with Crippen LogP contribution in [0.5, 0.6) is 5.75 Å². The second-order valence-corrected chi connectivity index (χ2v) is 5.75. The SMILES string of the molecule is COc1ccccc1CCNCC(O)c1cccc(Br)c1. The van der Waals surface area contributed by atoms with Gasteiger partial charge < -0.3 is 15.2 Å². The van der Waals surface area contributed by atoms with E-state index in [2.05, 4.69) is 27.3 Å². The summed E-state index contributed by atoms with van der Waals surface area (Å²) in [6.45, 7) is 1.33. The highest BCUT2D eigenvalue weighted by atomic mass is 79.9. The van der Waals surface area contributed by atoms with E-state index in [0.717, 1.165) is 28.8 Å². The van der Waals surface area contributed by atoms with Crippen molar-refractivity contribution in [1.82, 2.24) is 5.32 Å². The molecule has 0 bridgehead atoms. The second-order valence-electron chi connectivity index (χ2n) is 4.84. The Morgan fingerprint density at radius 2 is 2.00 bits per heavy atom. The van der Waals surface area contributed by atoms with Crippen LogP contribution < -0.4 is 10.1 Å². The predicted octanol–water partition coefficient (Wildman–Crippen LogP) is 3.32. The quantitative estimate of drug-likeness (QED) is 0.753. The van der Waals surface area contributed by atoms with Gasteiger partial charge in [0.25, 0.3) is 0 Å². The maximum Gasteiger partial charge on any atom is 0.122 e. The summed E-state index contributed by atoms with van der Waals surface area (Å²) >= 11 is 3.41. The Morgan fingerprint density at radius 3 is 2.76 bits per heavy atom. The van der Waals surface area contributed by atoms with Gasteiger partial charge in [0.1, 0.15) is 5.75 Å². The summed E-state index contributed by atoms with van der Waals surface area (Å²) in [5, 5.41) is 13.4. The Labute approximate surface area is 134 Å². The number of aliphatic hydroxyl groups is 1. The van der Waals surface area contributed by atoms with Crippen molar-refractivity contribution in [2.24, 2.45) is 0 Å². The molecule has 2 aromatic carbocycles. The monoisotopic (exact) mass is 349 g/mol. The average Bonchev–Trinajstić information content (AvgIpc) is 2.51. The molecule has 0 aliphatic carbocycles. The van der Waals surface area contributed by atoms with Gasteiger partial charge >= 0.3 is 0 Å². The molecule has 0 saturated carbocycles. The minimum absolute atomic E-state index is 0.500. The number of hydrogen-bond donors (Lipinski definition) is 2. The van der Waals surface area contributed by atoms with E-state index in [1.807, 2.05) is 42.5 Å². The van der Waals surface area contributed by atoms with Crippen LogP contribution in [0.2, 0.25) is 0 Å². The number of para-hydroxylation sites is 1. The van der Waals surface area contributed by atoms with Gasteiger partial charge in [-0.25, -0.2) is 0 Å². The van der Waals surface area contributed by atoms with Crippen LogP contribution in [0.1, 0.15) is 17.2 Å². The van der Waals surface area contributed by atoms with E-state index in [9.17, 15) is 5.11 Å². The van der Waals surface area contributed by atoms with Crippen LogP contribution in [0.15, 0.2) is 53.0 Å². The molecule has 0 aliphatic heterocycles. The van der Waals surface area contributed by atoms with E-state index in [1.54, 1.807) is 7.11 Å². The lowest BCUT2D eigenvalue weighted by molar-refractivity contribution is 0.175. The molecular weight excluding hydrogens is 330 g/mol. The Morgan fingerprint density at radius 1 is 1.19 bits per heavy atom. The molecule has 0 aromatic heterocycles. The summed E-state index contributed by atoms with van der Waals surface area (Å²) in [7, 11) is 1.68. The van der Waals surface area contributed by atoms with Crippen molar-refractivity contribution < 1.29 is 9.84 Å².